The lowest BCUT2D eigenvalue weighted by Crippen LogP contribution is -2.17. The molecule has 0 unspecified atom stereocenters. The van der Waals surface area contributed by atoms with E-state index in [0.29, 0.717) is 22.8 Å². The molecule has 0 saturated heterocycles. The lowest BCUT2D eigenvalue weighted by molar-refractivity contribution is 0.0705. The maximum atomic E-state index is 12.1. The average molecular weight is 436 g/mol. The first-order chi connectivity index (χ1) is 15.5. The zero-order chi connectivity index (χ0) is 22.7. The Balaban J connectivity index is 1.77. The summed E-state index contributed by atoms with van der Waals surface area (Å²) >= 11 is 0. The Morgan fingerprint density at radius 1 is 1.03 bits per heavy atom. The molecule has 2 aromatic carbocycles. The number of benzene rings is 2. The van der Waals surface area contributed by atoms with Crippen LogP contribution in [0.5, 0.6) is 23.1 Å². The van der Waals surface area contributed by atoms with E-state index in [1.807, 2.05) is 42.5 Å². The van der Waals surface area contributed by atoms with Gasteiger partial charge in [0.15, 0.2) is 0 Å². The lowest BCUT2D eigenvalue weighted by atomic mass is 10.1. The molecule has 4 rings (SSSR count). The molecule has 0 fully saturated rings. The molecule has 2 heterocycles. The van der Waals surface area contributed by atoms with Gasteiger partial charge in [-0.3, -0.25) is 0 Å². The molecule has 8 nitrogen and oxygen atoms in total. The highest BCUT2D eigenvalue weighted by molar-refractivity contribution is 6.09. The van der Waals surface area contributed by atoms with Gasteiger partial charge in [-0.15, -0.1) is 0 Å². The van der Waals surface area contributed by atoms with E-state index in [2.05, 4.69) is 9.97 Å². The van der Waals surface area contributed by atoms with Crippen LogP contribution in [0.25, 0.3) is 21.8 Å². The Morgan fingerprint density at radius 3 is 2.56 bits per heavy atom. The highest BCUT2D eigenvalue weighted by atomic mass is 16.7. The van der Waals surface area contributed by atoms with E-state index in [-0.39, 0.29) is 18.6 Å². The first kappa shape index (κ1) is 21.5. The second-order valence-electron chi connectivity index (χ2n) is 7.40. The predicted molar refractivity (Wildman–Crippen MR) is 120 cm³/mol. The molecule has 2 aromatic heterocycles. The van der Waals surface area contributed by atoms with Crippen LogP contribution in [0.1, 0.15) is 19.4 Å². The van der Waals surface area contributed by atoms with Gasteiger partial charge in [0.1, 0.15) is 17.2 Å². The van der Waals surface area contributed by atoms with Gasteiger partial charge in [0.2, 0.25) is 5.88 Å². The minimum atomic E-state index is -0.814. The van der Waals surface area contributed by atoms with Crippen molar-refractivity contribution < 1.29 is 28.5 Å². The van der Waals surface area contributed by atoms with Crippen molar-refractivity contribution in [1.82, 2.24) is 9.97 Å². The zero-order valence-electron chi connectivity index (χ0n) is 18.3. The fourth-order valence-electron chi connectivity index (χ4n) is 3.45. The van der Waals surface area contributed by atoms with E-state index in [9.17, 15) is 4.79 Å². The standard InChI is InChI=1S/C24H24N2O6/c1-14(2)30-24(27)32-23-19(13-28-3)22-18-11-17(8-9-20(18)26-21(22)12-25-23)31-16-7-5-6-15(10-16)29-4/h5-12,14,26H,13H2,1-4H3. The number of rotatable bonds is 7. The third kappa shape index (κ3) is 4.45. The topological polar surface area (TPSA) is 91.9 Å². The van der Waals surface area contributed by atoms with E-state index in [4.69, 9.17) is 23.7 Å². The van der Waals surface area contributed by atoms with Crippen LogP contribution in [0.2, 0.25) is 0 Å². The van der Waals surface area contributed by atoms with Crippen molar-refractivity contribution in [1.29, 1.82) is 0 Å². The summed E-state index contributed by atoms with van der Waals surface area (Å²) in [4.78, 5) is 19.7. The van der Waals surface area contributed by atoms with E-state index in [1.54, 1.807) is 34.3 Å². The molecular formula is C24H24N2O6. The fraction of sp³-hybridized carbons (Fsp3) is 0.250. The fourth-order valence-corrected chi connectivity index (χ4v) is 3.45. The van der Waals surface area contributed by atoms with Crippen molar-refractivity contribution >= 4 is 28.0 Å². The molecule has 0 bridgehead atoms. The van der Waals surface area contributed by atoms with Crippen molar-refractivity contribution in [3.63, 3.8) is 0 Å². The van der Waals surface area contributed by atoms with Gasteiger partial charge >= 0.3 is 6.16 Å². The molecule has 166 valence electrons. The molecule has 0 aliphatic carbocycles. The number of aromatic amines is 1. The number of pyridine rings is 1. The van der Waals surface area contributed by atoms with Gasteiger partial charge < -0.3 is 28.7 Å². The van der Waals surface area contributed by atoms with Gasteiger partial charge in [-0.25, -0.2) is 9.78 Å². The molecule has 1 N–H and O–H groups in total. The minimum absolute atomic E-state index is 0.144. The van der Waals surface area contributed by atoms with E-state index in [0.717, 1.165) is 21.8 Å². The number of H-pyrrole nitrogens is 1. The van der Waals surface area contributed by atoms with Crippen molar-refractivity contribution in [3.8, 4) is 23.1 Å². The third-order valence-electron chi connectivity index (χ3n) is 4.75. The van der Waals surface area contributed by atoms with Gasteiger partial charge in [-0.2, -0.15) is 0 Å². The van der Waals surface area contributed by atoms with Crippen molar-refractivity contribution in [2.75, 3.05) is 14.2 Å². The summed E-state index contributed by atoms with van der Waals surface area (Å²) in [6, 6.07) is 13.1. The number of nitrogens with one attached hydrogen (secondary N) is 1. The average Bonchev–Trinajstić information content (AvgIpc) is 3.13. The number of carbonyl (C=O) groups is 1. The SMILES string of the molecule is COCc1c(OC(=O)OC(C)C)ncc2[nH]c3ccc(Oc4cccc(OC)c4)cc3c12. The molecule has 0 spiro atoms. The van der Waals surface area contributed by atoms with Gasteiger partial charge in [-0.1, -0.05) is 6.07 Å². The molecule has 0 radical (unpaired) electrons. The van der Waals surface area contributed by atoms with Crippen LogP contribution >= 0.6 is 0 Å². The summed E-state index contributed by atoms with van der Waals surface area (Å²) in [5.41, 5.74) is 2.31. The molecule has 0 aliphatic rings. The number of hydrogen-bond acceptors (Lipinski definition) is 7. The van der Waals surface area contributed by atoms with Crippen LogP contribution in [0.15, 0.2) is 48.7 Å². The predicted octanol–water partition coefficient (Wildman–Crippen LogP) is 5.59. The molecular weight excluding hydrogens is 412 g/mol. The van der Waals surface area contributed by atoms with E-state index in [1.165, 1.54) is 0 Å². The molecule has 0 saturated carbocycles. The number of methoxy groups -OCH3 is 2. The van der Waals surface area contributed by atoms with Gasteiger partial charge in [0, 0.05) is 29.5 Å². The summed E-state index contributed by atoms with van der Waals surface area (Å²) in [5.74, 6) is 2.15. The Morgan fingerprint density at radius 2 is 1.81 bits per heavy atom. The van der Waals surface area contributed by atoms with Crippen molar-refractivity contribution in [2.24, 2.45) is 0 Å². The first-order valence-electron chi connectivity index (χ1n) is 10.1. The van der Waals surface area contributed by atoms with Crippen LogP contribution in [0, 0.1) is 0 Å². The van der Waals surface area contributed by atoms with Crippen LogP contribution in [-0.4, -0.2) is 36.4 Å². The molecule has 8 heteroatoms. The van der Waals surface area contributed by atoms with Crippen LogP contribution in [0.3, 0.4) is 0 Å². The number of fused-ring (bicyclic) bond motifs is 3. The second-order valence-corrected chi connectivity index (χ2v) is 7.40. The molecule has 0 atom stereocenters. The number of ether oxygens (including phenoxy) is 5. The summed E-state index contributed by atoms with van der Waals surface area (Å²) in [7, 11) is 3.18. The highest BCUT2D eigenvalue weighted by Gasteiger charge is 2.19. The van der Waals surface area contributed by atoms with Crippen LogP contribution < -0.4 is 14.2 Å². The number of hydrogen-bond donors (Lipinski definition) is 1. The maximum Gasteiger partial charge on any atom is 0.515 e. The smallest absolute Gasteiger partial charge is 0.497 e. The van der Waals surface area contributed by atoms with Crippen molar-refractivity contribution in [2.45, 2.75) is 26.6 Å². The summed E-state index contributed by atoms with van der Waals surface area (Å²) < 4.78 is 27.1. The van der Waals surface area contributed by atoms with Gasteiger partial charge in [0.05, 0.1) is 37.1 Å². The number of nitrogens with zero attached hydrogens (tertiary/aromatic N) is 1. The van der Waals surface area contributed by atoms with E-state index >= 15 is 0 Å². The molecule has 0 amide bonds. The second kappa shape index (κ2) is 9.15. The molecule has 4 aromatic rings. The Kier molecular flexibility index (Phi) is 6.13. The summed E-state index contributed by atoms with van der Waals surface area (Å²) in [6.45, 7) is 3.69. The highest BCUT2D eigenvalue weighted by Crippen LogP contribution is 2.36. The van der Waals surface area contributed by atoms with Gasteiger partial charge in [-0.05, 0) is 44.2 Å². The number of carbonyl (C=O) groups excluding carboxylic acids is 1. The Hall–Kier alpha value is -3.78. The molecule has 32 heavy (non-hydrogen) atoms. The minimum Gasteiger partial charge on any atom is -0.497 e. The zero-order valence-corrected chi connectivity index (χ0v) is 18.3. The largest absolute Gasteiger partial charge is 0.515 e. The quantitative estimate of drug-likeness (QED) is 0.378. The first-order valence-corrected chi connectivity index (χ1v) is 10.1. The maximum absolute atomic E-state index is 12.1. The molecule has 0 aliphatic heterocycles. The van der Waals surface area contributed by atoms with Crippen LogP contribution in [-0.2, 0) is 16.1 Å². The number of aromatic nitrogens is 2. The Labute approximate surface area is 185 Å². The van der Waals surface area contributed by atoms with Gasteiger partial charge in [0.25, 0.3) is 0 Å². The third-order valence-corrected chi connectivity index (χ3v) is 4.75. The summed E-state index contributed by atoms with van der Waals surface area (Å²) in [6.07, 6.45) is 0.502. The summed E-state index contributed by atoms with van der Waals surface area (Å²) in [5, 5.41) is 1.72. The van der Waals surface area contributed by atoms with Crippen LogP contribution in [0.4, 0.5) is 4.79 Å². The van der Waals surface area contributed by atoms with Crippen molar-refractivity contribution in [3.05, 3.63) is 54.2 Å². The van der Waals surface area contributed by atoms with E-state index < -0.39 is 6.16 Å². The lowest BCUT2D eigenvalue weighted by Gasteiger charge is -2.12. The Bertz CT molecular complexity index is 1260. The normalized spacial score (nSPS) is 11.2. The monoisotopic (exact) mass is 436 g/mol.